The van der Waals surface area contributed by atoms with Crippen LogP contribution in [0.4, 0.5) is 0 Å². The predicted molar refractivity (Wildman–Crippen MR) is 58.0 cm³/mol. The lowest BCUT2D eigenvalue weighted by Crippen LogP contribution is -2.50. The third-order valence-corrected chi connectivity index (χ3v) is 2.99. The summed E-state index contributed by atoms with van der Waals surface area (Å²) in [5, 5.41) is 3.30. The summed E-state index contributed by atoms with van der Waals surface area (Å²) in [6.45, 7) is 8.10. The molecule has 0 aliphatic rings. The topological polar surface area (TPSA) is 21.3 Å². The molecule has 0 saturated carbocycles. The smallest absolute Gasteiger partial charge is 0.0828 e. The lowest BCUT2D eigenvalue weighted by atomic mass is 9.86. The Morgan fingerprint density at radius 3 is 2.23 bits per heavy atom. The van der Waals surface area contributed by atoms with Crippen molar-refractivity contribution in [2.24, 2.45) is 0 Å². The van der Waals surface area contributed by atoms with Gasteiger partial charge in [-0.25, -0.2) is 0 Å². The van der Waals surface area contributed by atoms with Crippen molar-refractivity contribution in [3.63, 3.8) is 0 Å². The summed E-state index contributed by atoms with van der Waals surface area (Å²) in [6, 6.07) is 0.366. The van der Waals surface area contributed by atoms with Gasteiger partial charge in [-0.05, 0) is 26.3 Å². The first-order valence-electron chi connectivity index (χ1n) is 5.04. The van der Waals surface area contributed by atoms with Crippen LogP contribution < -0.4 is 5.32 Å². The third-order valence-electron chi connectivity index (χ3n) is 2.99. The van der Waals surface area contributed by atoms with E-state index in [4.69, 9.17) is 4.74 Å². The van der Waals surface area contributed by atoms with Crippen LogP contribution in [0.1, 0.15) is 33.1 Å². The summed E-state index contributed by atoms with van der Waals surface area (Å²) in [5.74, 6) is 0. The minimum atomic E-state index is -0.0388. The molecule has 0 spiro atoms. The molecular weight excluding hydrogens is 162 g/mol. The van der Waals surface area contributed by atoms with E-state index in [1.807, 2.05) is 13.1 Å². The lowest BCUT2D eigenvalue weighted by Gasteiger charge is -2.38. The molecule has 1 atom stereocenters. The summed E-state index contributed by atoms with van der Waals surface area (Å²) in [6.07, 6.45) is 4.95. The number of rotatable bonds is 7. The number of hydrogen-bond donors (Lipinski definition) is 1. The van der Waals surface area contributed by atoms with E-state index in [-0.39, 0.29) is 5.60 Å². The number of ether oxygens (including phenoxy) is 1. The van der Waals surface area contributed by atoms with Gasteiger partial charge in [0.05, 0.1) is 5.60 Å². The van der Waals surface area contributed by atoms with Crippen LogP contribution in [0.25, 0.3) is 0 Å². The van der Waals surface area contributed by atoms with E-state index in [9.17, 15) is 0 Å². The summed E-state index contributed by atoms with van der Waals surface area (Å²) in [7, 11) is 3.77. The molecule has 0 heterocycles. The van der Waals surface area contributed by atoms with Crippen LogP contribution in [0.2, 0.25) is 0 Å². The number of hydrogen-bond acceptors (Lipinski definition) is 2. The highest BCUT2D eigenvalue weighted by atomic mass is 16.5. The van der Waals surface area contributed by atoms with Crippen molar-refractivity contribution in [3.05, 3.63) is 12.7 Å². The van der Waals surface area contributed by atoms with E-state index in [1.54, 1.807) is 7.11 Å². The van der Waals surface area contributed by atoms with Crippen molar-refractivity contribution in [1.82, 2.24) is 5.32 Å². The largest absolute Gasteiger partial charge is 0.377 e. The van der Waals surface area contributed by atoms with Crippen LogP contribution >= 0.6 is 0 Å². The molecule has 0 aromatic carbocycles. The number of likely N-dealkylation sites (N-methyl/N-ethyl adjacent to an activating group) is 1. The van der Waals surface area contributed by atoms with E-state index in [0.717, 1.165) is 19.3 Å². The molecule has 0 aliphatic carbocycles. The van der Waals surface area contributed by atoms with Crippen LogP contribution in [0.5, 0.6) is 0 Å². The Labute approximate surface area is 82.4 Å². The van der Waals surface area contributed by atoms with E-state index in [1.165, 1.54) is 0 Å². The van der Waals surface area contributed by atoms with Crippen LogP contribution in [-0.4, -0.2) is 25.8 Å². The van der Waals surface area contributed by atoms with Crippen molar-refractivity contribution in [1.29, 1.82) is 0 Å². The zero-order chi connectivity index (χ0) is 10.3. The van der Waals surface area contributed by atoms with Crippen LogP contribution in [0.15, 0.2) is 12.7 Å². The fraction of sp³-hybridized carbons (Fsp3) is 0.818. The first-order chi connectivity index (χ1) is 6.20. The molecule has 0 fully saturated rings. The van der Waals surface area contributed by atoms with Crippen molar-refractivity contribution in [3.8, 4) is 0 Å². The second-order valence-corrected chi connectivity index (χ2v) is 3.34. The molecule has 0 aromatic heterocycles. The monoisotopic (exact) mass is 185 g/mol. The molecule has 0 aromatic rings. The normalized spacial score (nSPS) is 14.2. The van der Waals surface area contributed by atoms with E-state index < -0.39 is 0 Å². The van der Waals surface area contributed by atoms with Gasteiger partial charge in [-0.15, -0.1) is 6.58 Å². The first kappa shape index (κ1) is 12.7. The Bertz CT molecular complexity index is 133. The predicted octanol–water partition coefficient (Wildman–Crippen LogP) is 2.36. The fourth-order valence-corrected chi connectivity index (χ4v) is 1.94. The highest BCUT2D eigenvalue weighted by Crippen LogP contribution is 2.25. The average Bonchev–Trinajstić information content (AvgIpc) is 2.19. The molecule has 2 heteroatoms. The van der Waals surface area contributed by atoms with Gasteiger partial charge in [0.15, 0.2) is 0 Å². The van der Waals surface area contributed by atoms with Gasteiger partial charge in [0, 0.05) is 13.2 Å². The third kappa shape index (κ3) is 2.82. The fourth-order valence-electron chi connectivity index (χ4n) is 1.94. The Kier molecular flexibility index (Phi) is 6.00. The molecule has 0 radical (unpaired) electrons. The zero-order valence-corrected chi connectivity index (χ0v) is 9.39. The minimum absolute atomic E-state index is 0.0388. The summed E-state index contributed by atoms with van der Waals surface area (Å²) >= 11 is 0. The molecule has 13 heavy (non-hydrogen) atoms. The Morgan fingerprint density at radius 2 is 2.00 bits per heavy atom. The Balaban J connectivity index is 4.54. The van der Waals surface area contributed by atoms with Gasteiger partial charge in [0.25, 0.3) is 0 Å². The van der Waals surface area contributed by atoms with Crippen LogP contribution in [0, 0.1) is 0 Å². The molecule has 0 saturated heterocycles. The van der Waals surface area contributed by atoms with Gasteiger partial charge in [-0.3, -0.25) is 0 Å². The highest BCUT2D eigenvalue weighted by Gasteiger charge is 2.33. The summed E-state index contributed by atoms with van der Waals surface area (Å²) in [4.78, 5) is 0. The van der Waals surface area contributed by atoms with Gasteiger partial charge in [0.2, 0.25) is 0 Å². The Morgan fingerprint density at radius 1 is 1.46 bits per heavy atom. The number of methoxy groups -OCH3 is 1. The minimum Gasteiger partial charge on any atom is -0.377 e. The first-order valence-corrected chi connectivity index (χ1v) is 5.04. The van der Waals surface area contributed by atoms with Crippen molar-refractivity contribution >= 4 is 0 Å². The van der Waals surface area contributed by atoms with Gasteiger partial charge < -0.3 is 10.1 Å². The Hall–Kier alpha value is -0.340. The van der Waals surface area contributed by atoms with Crippen LogP contribution in [0.3, 0.4) is 0 Å². The molecule has 0 bridgehead atoms. The molecule has 0 rings (SSSR count). The standard InChI is InChI=1S/C11H23NO/c1-6-9-10(12-4)11(7-2,8-3)13-5/h6,10,12H,1,7-9H2,2-5H3. The SMILES string of the molecule is C=CCC(NC)C(CC)(CC)OC. The van der Waals surface area contributed by atoms with Gasteiger partial charge in [0.1, 0.15) is 0 Å². The summed E-state index contributed by atoms with van der Waals surface area (Å²) in [5.41, 5.74) is -0.0388. The highest BCUT2D eigenvalue weighted by molar-refractivity contribution is 4.94. The van der Waals surface area contributed by atoms with Gasteiger partial charge in [-0.1, -0.05) is 19.9 Å². The van der Waals surface area contributed by atoms with Crippen molar-refractivity contribution in [2.75, 3.05) is 14.2 Å². The van der Waals surface area contributed by atoms with E-state index in [2.05, 4.69) is 25.7 Å². The quantitative estimate of drug-likeness (QED) is 0.615. The summed E-state index contributed by atoms with van der Waals surface area (Å²) < 4.78 is 5.63. The molecule has 0 amide bonds. The van der Waals surface area contributed by atoms with E-state index in [0.29, 0.717) is 6.04 Å². The molecule has 1 unspecified atom stereocenters. The van der Waals surface area contributed by atoms with Gasteiger partial charge in [-0.2, -0.15) is 0 Å². The van der Waals surface area contributed by atoms with Crippen LogP contribution in [-0.2, 0) is 4.74 Å². The van der Waals surface area contributed by atoms with Crippen molar-refractivity contribution < 1.29 is 4.74 Å². The number of nitrogens with one attached hydrogen (secondary N) is 1. The zero-order valence-electron chi connectivity index (χ0n) is 9.39. The molecule has 1 N–H and O–H groups in total. The van der Waals surface area contributed by atoms with E-state index >= 15 is 0 Å². The maximum absolute atomic E-state index is 5.63. The lowest BCUT2D eigenvalue weighted by molar-refractivity contribution is -0.0447. The molecule has 0 aliphatic heterocycles. The molecule has 78 valence electrons. The average molecular weight is 185 g/mol. The molecule has 2 nitrogen and oxygen atoms in total. The maximum atomic E-state index is 5.63. The maximum Gasteiger partial charge on any atom is 0.0828 e. The second-order valence-electron chi connectivity index (χ2n) is 3.34. The van der Waals surface area contributed by atoms with Crippen molar-refractivity contribution in [2.45, 2.75) is 44.8 Å². The van der Waals surface area contributed by atoms with Gasteiger partial charge >= 0.3 is 0 Å². The molecular formula is C11H23NO. The second kappa shape index (κ2) is 6.17.